The minimum absolute atomic E-state index is 0.00163. The molecule has 0 aliphatic heterocycles. The van der Waals surface area contributed by atoms with Crippen LogP contribution in [-0.2, 0) is 70.4 Å². The summed E-state index contributed by atoms with van der Waals surface area (Å²) in [6, 6.07) is -5.62. The van der Waals surface area contributed by atoms with Gasteiger partial charge in [0.15, 0.2) is 11.9 Å². The van der Waals surface area contributed by atoms with E-state index in [2.05, 4.69) is 67.8 Å². The first-order chi connectivity index (χ1) is 40.4. The molecule has 476 valence electrons. The average molecular weight is 1210 g/mol. The number of nitrogens with zero attached hydrogens (tertiary/aromatic N) is 3. The van der Waals surface area contributed by atoms with Gasteiger partial charge in [-0.2, -0.15) is 0 Å². The number of aliphatic carboxylic acids is 2. The Morgan fingerprint density at radius 1 is 0.547 bits per heavy atom. The zero-order valence-electron chi connectivity index (χ0n) is 49.1. The molecule has 0 spiro atoms. The molecule has 0 fully saturated rings. The van der Waals surface area contributed by atoms with E-state index in [9.17, 15) is 67.7 Å². The maximum Gasteiger partial charge on any atom is 0.326 e. The van der Waals surface area contributed by atoms with E-state index in [1.807, 2.05) is 6.07 Å². The van der Waals surface area contributed by atoms with E-state index in [4.69, 9.17) is 34.4 Å². The number of aromatic amines is 1. The fourth-order valence-electron chi connectivity index (χ4n) is 8.21. The van der Waals surface area contributed by atoms with Crippen molar-refractivity contribution in [3.05, 3.63) is 54.1 Å². The van der Waals surface area contributed by atoms with Crippen molar-refractivity contribution >= 4 is 82.9 Å². The predicted molar refractivity (Wildman–Crippen MR) is 312 cm³/mol. The highest BCUT2D eigenvalue weighted by Crippen LogP contribution is 2.13. The van der Waals surface area contributed by atoms with Crippen LogP contribution in [0.4, 0.5) is 0 Å². The molecule has 0 aliphatic carbocycles. The molecular formula is C53H85N19O14. The lowest BCUT2D eigenvalue weighted by atomic mass is 9.96. The van der Waals surface area contributed by atoms with Crippen LogP contribution < -0.4 is 82.3 Å². The number of carbonyl (C=O) groups excluding carboxylic acids is 10. The summed E-state index contributed by atoms with van der Waals surface area (Å²) in [4.78, 5) is 174. The highest BCUT2D eigenvalue weighted by molar-refractivity contribution is 5.99. The number of aliphatic imine (C=N–C) groups is 2. The first kappa shape index (κ1) is 72.7. The lowest BCUT2D eigenvalue weighted by Gasteiger charge is -2.29. The molecule has 86 heavy (non-hydrogen) atoms. The van der Waals surface area contributed by atoms with Crippen LogP contribution in [0.5, 0.6) is 0 Å². The number of primary amides is 1. The first-order valence-electron chi connectivity index (χ1n) is 27.8. The van der Waals surface area contributed by atoms with E-state index < -0.39 is 150 Å². The number of nitrogens with two attached hydrogens (primary N) is 6. The number of carboxylic acids is 2. The Balaban J connectivity index is 2.36. The van der Waals surface area contributed by atoms with Gasteiger partial charge in [-0.25, -0.2) is 9.78 Å². The molecule has 2 aromatic rings. The van der Waals surface area contributed by atoms with E-state index in [0.29, 0.717) is 12.1 Å². The van der Waals surface area contributed by atoms with Crippen LogP contribution in [0.25, 0.3) is 0 Å². The summed E-state index contributed by atoms with van der Waals surface area (Å²) < 4.78 is 0. The number of H-pyrrole nitrogens is 1. The van der Waals surface area contributed by atoms with Crippen molar-refractivity contribution in [1.82, 2.24) is 57.8 Å². The Bertz CT molecular complexity index is 2690. The van der Waals surface area contributed by atoms with Gasteiger partial charge in [-0.1, -0.05) is 64.4 Å². The van der Waals surface area contributed by atoms with Crippen molar-refractivity contribution in [1.29, 1.82) is 0 Å². The highest BCUT2D eigenvalue weighted by Gasteiger charge is 2.36. The van der Waals surface area contributed by atoms with Crippen LogP contribution in [0.3, 0.4) is 0 Å². The van der Waals surface area contributed by atoms with Gasteiger partial charge in [-0.05, 0) is 69.8 Å². The van der Waals surface area contributed by atoms with Crippen LogP contribution in [-0.4, -0.2) is 177 Å². The number of aromatic nitrogens is 2. The van der Waals surface area contributed by atoms with Gasteiger partial charge in [0.05, 0.1) is 25.2 Å². The molecule has 24 N–H and O–H groups in total. The van der Waals surface area contributed by atoms with Crippen molar-refractivity contribution < 1.29 is 67.7 Å². The molecule has 1 heterocycles. The number of imidazole rings is 1. The smallest absolute Gasteiger partial charge is 0.326 e. The third kappa shape index (κ3) is 27.3. The maximum absolute atomic E-state index is 14.4. The molecule has 0 unspecified atom stereocenters. The van der Waals surface area contributed by atoms with Gasteiger partial charge >= 0.3 is 11.9 Å². The number of amides is 10. The Hall–Kier alpha value is -9.43. The molecule has 0 aliphatic rings. The fraction of sp³-hybridized carbons (Fsp3) is 0.566. The number of carbonyl (C=O) groups is 12. The molecule has 33 nitrogen and oxygen atoms in total. The zero-order chi connectivity index (χ0) is 64.8. The third-order valence-corrected chi connectivity index (χ3v) is 13.1. The predicted octanol–water partition coefficient (Wildman–Crippen LogP) is -5.44. The van der Waals surface area contributed by atoms with Gasteiger partial charge in [0, 0.05) is 31.4 Å². The second-order valence-electron chi connectivity index (χ2n) is 20.9. The van der Waals surface area contributed by atoms with Crippen molar-refractivity contribution in [2.45, 2.75) is 166 Å². The number of guanidine groups is 2. The Labute approximate surface area is 496 Å². The Morgan fingerprint density at radius 3 is 1.50 bits per heavy atom. The van der Waals surface area contributed by atoms with Gasteiger partial charge in [0.25, 0.3) is 0 Å². The summed E-state index contributed by atoms with van der Waals surface area (Å²) >= 11 is 0. The Kier molecular flexibility index (Phi) is 31.3. The SMILES string of the molecule is CC[C@H](C)[C@H](NC(=O)[C@@H](N)Cc1ccccc1)C(=O)N[C@@H](Cc1cnc[nH]1)C(=O)N[C@@H](CCCN=C(N)N)C(=O)N[C@@H](CC(=O)O)C(=O)N[C@@H](CC(C)C)C(=O)N[C@@H](C)C(=O)N[C@@H](C)C(=O)N[C@@H](CCCN=C(N)N)C(=O)N[C@@H](CC(N)=O)C(=O)O. The van der Waals surface area contributed by atoms with Crippen molar-refractivity contribution in [3.63, 3.8) is 0 Å². The maximum atomic E-state index is 14.4. The highest BCUT2D eigenvalue weighted by atomic mass is 16.4. The molecule has 0 saturated carbocycles. The minimum Gasteiger partial charge on any atom is -0.481 e. The van der Waals surface area contributed by atoms with Gasteiger partial charge in [0.2, 0.25) is 59.1 Å². The molecule has 0 saturated heterocycles. The van der Waals surface area contributed by atoms with E-state index in [1.165, 1.54) is 26.4 Å². The number of nitrogens with one attached hydrogen (secondary N) is 10. The monoisotopic (exact) mass is 1210 g/mol. The summed E-state index contributed by atoms with van der Waals surface area (Å²) in [6.45, 7) is 9.31. The second kappa shape index (κ2) is 37.0. The van der Waals surface area contributed by atoms with Gasteiger partial charge < -0.3 is 97.5 Å². The molecule has 10 amide bonds. The first-order valence-corrected chi connectivity index (χ1v) is 27.8. The third-order valence-electron chi connectivity index (χ3n) is 13.1. The van der Waals surface area contributed by atoms with Crippen molar-refractivity contribution in [3.8, 4) is 0 Å². The van der Waals surface area contributed by atoms with Crippen LogP contribution >= 0.6 is 0 Å². The van der Waals surface area contributed by atoms with E-state index in [1.54, 1.807) is 52.0 Å². The van der Waals surface area contributed by atoms with E-state index in [0.717, 1.165) is 5.56 Å². The minimum atomic E-state index is -1.90. The van der Waals surface area contributed by atoms with Crippen LogP contribution in [0.1, 0.15) is 104 Å². The van der Waals surface area contributed by atoms with Crippen LogP contribution in [0.2, 0.25) is 0 Å². The van der Waals surface area contributed by atoms with Crippen LogP contribution in [0, 0.1) is 11.8 Å². The quantitative estimate of drug-likeness (QED) is 0.0169. The van der Waals surface area contributed by atoms with Crippen LogP contribution in [0.15, 0.2) is 52.8 Å². The van der Waals surface area contributed by atoms with Crippen molar-refractivity contribution in [2.24, 2.45) is 56.2 Å². The number of hydrogen-bond acceptors (Lipinski definition) is 16. The summed E-state index contributed by atoms with van der Waals surface area (Å²) in [7, 11) is 0. The summed E-state index contributed by atoms with van der Waals surface area (Å²) in [5.41, 5.74) is 34.3. The second-order valence-corrected chi connectivity index (χ2v) is 20.9. The molecule has 2 rings (SSSR count). The van der Waals surface area contributed by atoms with Crippen molar-refractivity contribution in [2.75, 3.05) is 13.1 Å². The summed E-state index contributed by atoms with van der Waals surface area (Å²) in [6.07, 6.45) is 0.965. The molecule has 11 atom stereocenters. The van der Waals surface area contributed by atoms with Gasteiger partial charge in [-0.3, -0.25) is 62.7 Å². The molecule has 0 bridgehead atoms. The van der Waals surface area contributed by atoms with E-state index >= 15 is 0 Å². The summed E-state index contributed by atoms with van der Waals surface area (Å²) in [5, 5.41) is 41.6. The topological polar surface area (TPSA) is 563 Å². The van der Waals surface area contributed by atoms with E-state index in [-0.39, 0.29) is 75.9 Å². The lowest BCUT2D eigenvalue weighted by Crippen LogP contribution is -2.61. The Morgan fingerprint density at radius 2 is 1.01 bits per heavy atom. The normalized spacial score (nSPS) is 14.8. The lowest BCUT2D eigenvalue weighted by molar-refractivity contribution is -0.143. The number of carboxylic acid groups (broad SMARTS) is 2. The molecule has 1 aromatic carbocycles. The zero-order valence-corrected chi connectivity index (χ0v) is 49.1. The largest absolute Gasteiger partial charge is 0.481 e. The van der Waals surface area contributed by atoms with Gasteiger partial charge in [0.1, 0.15) is 54.4 Å². The van der Waals surface area contributed by atoms with Gasteiger partial charge in [-0.15, -0.1) is 0 Å². The molecular weight excluding hydrogens is 1130 g/mol. The molecule has 0 radical (unpaired) electrons. The molecule has 1 aromatic heterocycles. The number of benzene rings is 1. The number of rotatable bonds is 39. The molecule has 33 heteroatoms. The average Bonchev–Trinajstić information content (AvgIpc) is 3.09. The fourth-order valence-corrected chi connectivity index (χ4v) is 8.21. The number of hydrogen-bond donors (Lipinski definition) is 18. The standard InChI is InChI=1S/C53H85N19O14/c1-7-27(4)41(72-44(78)32(54)20-30-13-9-8-10-14-30)50(84)70-36(21-31-24-60-25-63-31)48(82)67-34(16-12-18-62-53(58)59)45(79)69-37(23-40(74)75)49(83)68-35(19-26(2)3)47(81)65-28(5)42(76)64-29(6)43(77)66-33(15-11-17-61-52(56)57)46(80)71-38(51(85)86)22-39(55)73/h8-10,13-14,24-29,32-38,41H,7,11-12,15-23,54H2,1-6H3,(H2,55,73)(H,60,63)(H,64,76)(H,65,81)(H,66,77)(H,67,82)(H,68,83)(H,69,79)(H,70,84)(H,71,80)(H,72,78)(H,74,75)(H,85,86)(H4,56,57,61)(H4,58,59,62)/t27-,28-,29-,32-,33-,34-,35-,36-,37-,38-,41-/m0/s1. The summed E-state index contributed by atoms with van der Waals surface area (Å²) in [5.74, 6) is -13.9.